The van der Waals surface area contributed by atoms with Gasteiger partial charge in [-0.25, -0.2) is 0 Å². The lowest BCUT2D eigenvalue weighted by Gasteiger charge is -2.42. The van der Waals surface area contributed by atoms with Crippen molar-refractivity contribution in [2.75, 3.05) is 7.05 Å². The van der Waals surface area contributed by atoms with Crippen LogP contribution in [0.4, 0.5) is 0 Å². The first-order valence-corrected chi connectivity index (χ1v) is 5.31. The maximum Gasteiger partial charge on any atom is 0.0768 e. The third-order valence-corrected chi connectivity index (χ3v) is 3.35. The predicted molar refractivity (Wildman–Crippen MR) is 57.9 cm³/mol. The van der Waals surface area contributed by atoms with E-state index in [9.17, 15) is 5.26 Å². The zero-order valence-corrected chi connectivity index (χ0v) is 8.90. The lowest BCUT2D eigenvalue weighted by molar-refractivity contribution is 0.149. The zero-order valence-electron chi connectivity index (χ0n) is 8.90. The van der Waals surface area contributed by atoms with E-state index in [1.807, 2.05) is 19.2 Å². The smallest absolute Gasteiger partial charge is 0.0768 e. The number of nitriles is 1. The van der Waals surface area contributed by atoms with Crippen molar-refractivity contribution in [3.63, 3.8) is 0 Å². The summed E-state index contributed by atoms with van der Waals surface area (Å²) >= 11 is 0. The molecule has 3 heteroatoms. The van der Waals surface area contributed by atoms with Crippen molar-refractivity contribution in [3.8, 4) is 6.07 Å². The topological polar surface area (TPSA) is 48.7 Å². The molecule has 1 atom stereocenters. The molecule has 1 aliphatic rings. The van der Waals surface area contributed by atoms with Gasteiger partial charge in [0.1, 0.15) is 0 Å². The first kappa shape index (κ1) is 10.1. The lowest BCUT2D eigenvalue weighted by atomic mass is 9.63. The van der Waals surface area contributed by atoms with Gasteiger partial charge in [-0.3, -0.25) is 4.98 Å². The molecule has 0 amide bonds. The molecular formula is C12H15N3. The van der Waals surface area contributed by atoms with Crippen LogP contribution in [0.3, 0.4) is 0 Å². The van der Waals surface area contributed by atoms with Crippen LogP contribution in [0.1, 0.15) is 30.9 Å². The molecule has 1 heterocycles. The van der Waals surface area contributed by atoms with Gasteiger partial charge in [0.05, 0.1) is 17.5 Å². The van der Waals surface area contributed by atoms with Crippen LogP contribution in [0.25, 0.3) is 0 Å². The maximum absolute atomic E-state index is 9.29. The third kappa shape index (κ3) is 1.62. The predicted octanol–water partition coefficient (Wildman–Crippen LogP) is 2.04. The number of hydrogen-bond acceptors (Lipinski definition) is 3. The summed E-state index contributed by atoms with van der Waals surface area (Å²) < 4.78 is 0. The lowest BCUT2D eigenvalue weighted by Crippen LogP contribution is -2.40. The quantitative estimate of drug-likeness (QED) is 0.814. The highest BCUT2D eigenvalue weighted by atomic mass is 14.9. The van der Waals surface area contributed by atoms with Crippen LogP contribution in [0.15, 0.2) is 24.5 Å². The van der Waals surface area contributed by atoms with E-state index in [2.05, 4.69) is 16.4 Å². The van der Waals surface area contributed by atoms with Gasteiger partial charge in [-0.2, -0.15) is 5.26 Å². The van der Waals surface area contributed by atoms with Gasteiger partial charge in [-0.15, -0.1) is 0 Å². The molecule has 0 aliphatic heterocycles. The fourth-order valence-electron chi connectivity index (χ4n) is 2.34. The van der Waals surface area contributed by atoms with Crippen LogP contribution >= 0.6 is 0 Å². The van der Waals surface area contributed by atoms with Gasteiger partial charge in [0.25, 0.3) is 0 Å². The summed E-state index contributed by atoms with van der Waals surface area (Å²) in [6.45, 7) is 0. The van der Waals surface area contributed by atoms with Crippen LogP contribution in [-0.2, 0) is 0 Å². The van der Waals surface area contributed by atoms with Gasteiger partial charge in [0.15, 0.2) is 0 Å². The standard InChI is InChI=1S/C12H15N3/c1-14-11(10-3-7-15-8-4-10)12(9-13)5-2-6-12/h3-4,7-8,11,14H,2,5-6H2,1H3. The summed E-state index contributed by atoms with van der Waals surface area (Å²) in [6, 6.07) is 6.59. The largest absolute Gasteiger partial charge is 0.312 e. The van der Waals surface area contributed by atoms with Gasteiger partial charge < -0.3 is 5.32 Å². The molecular weight excluding hydrogens is 186 g/mol. The van der Waals surface area contributed by atoms with Crippen molar-refractivity contribution in [1.29, 1.82) is 5.26 Å². The minimum atomic E-state index is -0.198. The Balaban J connectivity index is 2.29. The Labute approximate surface area is 90.1 Å². The molecule has 1 fully saturated rings. The minimum Gasteiger partial charge on any atom is -0.312 e. The molecule has 1 aliphatic carbocycles. The van der Waals surface area contributed by atoms with Crippen LogP contribution in [0.2, 0.25) is 0 Å². The molecule has 0 radical (unpaired) electrons. The molecule has 78 valence electrons. The van der Waals surface area contributed by atoms with Gasteiger partial charge >= 0.3 is 0 Å². The Bertz CT molecular complexity index is 362. The summed E-state index contributed by atoms with van der Waals surface area (Å²) in [6.07, 6.45) is 6.72. The van der Waals surface area contributed by atoms with Crippen molar-refractivity contribution in [1.82, 2.24) is 10.3 Å². The first-order valence-electron chi connectivity index (χ1n) is 5.31. The average Bonchev–Trinajstić information content (AvgIpc) is 2.24. The number of nitrogens with zero attached hydrogens (tertiary/aromatic N) is 2. The molecule has 1 aromatic heterocycles. The second kappa shape index (κ2) is 4.00. The fourth-order valence-corrected chi connectivity index (χ4v) is 2.34. The fraction of sp³-hybridized carbons (Fsp3) is 0.500. The SMILES string of the molecule is CNC(c1ccncc1)C1(C#N)CCC1. The number of nitrogens with one attached hydrogen (secondary N) is 1. The molecule has 1 N–H and O–H groups in total. The second-order valence-corrected chi connectivity index (χ2v) is 4.12. The van der Waals surface area contributed by atoms with Gasteiger partial charge in [-0.05, 0) is 37.6 Å². The number of rotatable bonds is 3. The van der Waals surface area contributed by atoms with Crippen molar-refractivity contribution in [3.05, 3.63) is 30.1 Å². The Kier molecular flexibility index (Phi) is 2.70. The van der Waals surface area contributed by atoms with Crippen molar-refractivity contribution < 1.29 is 0 Å². The molecule has 1 saturated carbocycles. The highest BCUT2D eigenvalue weighted by Crippen LogP contribution is 2.49. The minimum absolute atomic E-state index is 0.138. The van der Waals surface area contributed by atoms with Crippen molar-refractivity contribution in [2.45, 2.75) is 25.3 Å². The summed E-state index contributed by atoms with van der Waals surface area (Å²) in [7, 11) is 1.92. The monoisotopic (exact) mass is 201 g/mol. The van der Waals surface area contributed by atoms with Crippen molar-refractivity contribution >= 4 is 0 Å². The molecule has 0 saturated heterocycles. The molecule has 0 bridgehead atoms. The molecule has 1 unspecified atom stereocenters. The normalized spacial score (nSPS) is 20.0. The van der Waals surface area contributed by atoms with E-state index in [4.69, 9.17) is 0 Å². The summed E-state index contributed by atoms with van der Waals surface area (Å²) in [5.41, 5.74) is 0.963. The van der Waals surface area contributed by atoms with Crippen LogP contribution in [-0.4, -0.2) is 12.0 Å². The van der Waals surface area contributed by atoms with Crippen LogP contribution in [0.5, 0.6) is 0 Å². The van der Waals surface area contributed by atoms with Crippen LogP contribution < -0.4 is 5.32 Å². The summed E-state index contributed by atoms with van der Waals surface area (Å²) in [5, 5.41) is 12.6. The average molecular weight is 201 g/mol. The Morgan fingerprint density at radius 3 is 2.53 bits per heavy atom. The summed E-state index contributed by atoms with van der Waals surface area (Å²) in [4.78, 5) is 4.00. The first-order chi connectivity index (χ1) is 7.32. The van der Waals surface area contributed by atoms with Gasteiger partial charge in [-0.1, -0.05) is 6.42 Å². The van der Waals surface area contributed by atoms with Crippen LogP contribution in [0, 0.1) is 16.7 Å². The molecule has 3 nitrogen and oxygen atoms in total. The van der Waals surface area contributed by atoms with E-state index in [1.165, 1.54) is 0 Å². The number of pyridine rings is 1. The molecule has 0 spiro atoms. The van der Waals surface area contributed by atoms with E-state index in [0.29, 0.717) is 0 Å². The Morgan fingerprint density at radius 2 is 2.13 bits per heavy atom. The molecule has 0 aromatic carbocycles. The zero-order chi connectivity index (χ0) is 10.7. The highest BCUT2D eigenvalue weighted by Gasteiger charge is 2.44. The van der Waals surface area contributed by atoms with E-state index in [0.717, 1.165) is 24.8 Å². The Hall–Kier alpha value is -1.40. The van der Waals surface area contributed by atoms with Crippen molar-refractivity contribution in [2.24, 2.45) is 5.41 Å². The van der Waals surface area contributed by atoms with E-state index in [1.54, 1.807) is 12.4 Å². The summed E-state index contributed by atoms with van der Waals surface area (Å²) in [5.74, 6) is 0. The van der Waals surface area contributed by atoms with E-state index < -0.39 is 0 Å². The number of hydrogen-bond donors (Lipinski definition) is 1. The molecule has 2 rings (SSSR count). The van der Waals surface area contributed by atoms with Gasteiger partial charge in [0, 0.05) is 12.4 Å². The number of aromatic nitrogens is 1. The Morgan fingerprint density at radius 1 is 1.47 bits per heavy atom. The third-order valence-electron chi connectivity index (χ3n) is 3.35. The second-order valence-electron chi connectivity index (χ2n) is 4.12. The van der Waals surface area contributed by atoms with E-state index in [-0.39, 0.29) is 11.5 Å². The van der Waals surface area contributed by atoms with E-state index >= 15 is 0 Å². The maximum atomic E-state index is 9.29. The molecule has 1 aromatic rings. The molecule has 15 heavy (non-hydrogen) atoms. The van der Waals surface area contributed by atoms with Gasteiger partial charge in [0.2, 0.25) is 0 Å². The highest BCUT2D eigenvalue weighted by molar-refractivity contribution is 5.24.